The van der Waals surface area contributed by atoms with Crippen LogP contribution in [0.4, 0.5) is 4.79 Å². The average molecular weight is 360 g/mol. The van der Waals surface area contributed by atoms with Gasteiger partial charge in [0, 0.05) is 13.0 Å². The number of likely N-dealkylation sites (tertiary alicyclic amines) is 1. The number of hydrogen-bond acceptors (Lipinski definition) is 4. The molecule has 0 saturated carbocycles. The fraction of sp³-hybridized carbons (Fsp3) is 0.421. The van der Waals surface area contributed by atoms with Gasteiger partial charge in [0.15, 0.2) is 0 Å². The van der Waals surface area contributed by atoms with Crippen LogP contribution in [0.3, 0.4) is 0 Å². The molecule has 0 bridgehead atoms. The third-order valence-corrected chi connectivity index (χ3v) is 4.28. The number of esters is 1. The van der Waals surface area contributed by atoms with Crippen molar-refractivity contribution < 1.29 is 24.2 Å². The van der Waals surface area contributed by atoms with E-state index in [9.17, 15) is 19.5 Å². The molecule has 2 atom stereocenters. The van der Waals surface area contributed by atoms with E-state index in [2.05, 4.69) is 11.9 Å². The van der Waals surface area contributed by atoms with Crippen molar-refractivity contribution >= 4 is 18.0 Å². The van der Waals surface area contributed by atoms with Gasteiger partial charge in [-0.2, -0.15) is 0 Å². The maximum absolute atomic E-state index is 12.6. The average Bonchev–Trinajstić information content (AvgIpc) is 2.66. The summed E-state index contributed by atoms with van der Waals surface area (Å²) < 4.78 is 5.09. The lowest BCUT2D eigenvalue weighted by atomic mass is 10.0. The predicted molar refractivity (Wildman–Crippen MR) is 95.6 cm³/mol. The first kappa shape index (κ1) is 19.5. The van der Waals surface area contributed by atoms with E-state index in [0.717, 1.165) is 23.3 Å². The smallest absolute Gasteiger partial charge is 0.407 e. The molecule has 1 aromatic rings. The summed E-state index contributed by atoms with van der Waals surface area (Å²) in [5.74, 6) is -1.04. The summed E-state index contributed by atoms with van der Waals surface area (Å²) in [6.07, 6.45) is 2.53. The molecule has 1 heterocycles. The summed E-state index contributed by atoms with van der Waals surface area (Å²) in [5.41, 5.74) is 0.868. The van der Waals surface area contributed by atoms with Crippen LogP contribution in [0.2, 0.25) is 0 Å². The van der Waals surface area contributed by atoms with Gasteiger partial charge in [-0.3, -0.25) is 9.69 Å². The molecule has 2 unspecified atom stereocenters. The number of rotatable bonds is 7. The monoisotopic (exact) mass is 360 g/mol. The SMILES string of the molecule is C=CCOC(=O)C(Cc1ccccc1)NC(=O)C1CCCCN1C(=O)O. The Bertz CT molecular complexity index is 647. The zero-order valence-corrected chi connectivity index (χ0v) is 14.6. The number of piperidine rings is 1. The maximum atomic E-state index is 12.6. The summed E-state index contributed by atoms with van der Waals surface area (Å²) in [5, 5.41) is 12.0. The highest BCUT2D eigenvalue weighted by Gasteiger charge is 2.34. The van der Waals surface area contributed by atoms with Crippen LogP contribution in [-0.4, -0.2) is 53.2 Å². The number of amides is 2. The molecule has 1 aliphatic rings. The number of ether oxygens (including phenoxy) is 1. The molecule has 1 aliphatic heterocycles. The molecule has 1 saturated heterocycles. The molecule has 2 rings (SSSR count). The largest absolute Gasteiger partial charge is 0.465 e. The Morgan fingerprint density at radius 2 is 2.04 bits per heavy atom. The Balaban J connectivity index is 2.10. The lowest BCUT2D eigenvalue weighted by molar-refractivity contribution is -0.147. The number of carbonyl (C=O) groups is 3. The first-order chi connectivity index (χ1) is 12.5. The Hall–Kier alpha value is -2.83. The molecule has 0 aliphatic carbocycles. The van der Waals surface area contributed by atoms with Gasteiger partial charge in [0.25, 0.3) is 0 Å². The standard InChI is InChI=1S/C19H24N2O5/c1-2-12-26-18(23)15(13-14-8-4-3-5-9-14)20-17(22)16-10-6-7-11-21(16)19(24)25/h2-5,8-9,15-16H,1,6-7,10-13H2,(H,20,22)(H,24,25). The number of carbonyl (C=O) groups excluding carboxylic acids is 2. The Labute approximate surface area is 152 Å². The minimum absolute atomic E-state index is 0.0463. The van der Waals surface area contributed by atoms with Crippen LogP contribution in [0.25, 0.3) is 0 Å². The molecular weight excluding hydrogens is 336 g/mol. The second-order valence-corrected chi connectivity index (χ2v) is 6.16. The van der Waals surface area contributed by atoms with E-state index in [1.165, 1.54) is 6.08 Å². The molecule has 2 amide bonds. The predicted octanol–water partition coefficient (Wildman–Crippen LogP) is 1.98. The zero-order chi connectivity index (χ0) is 18.9. The van der Waals surface area contributed by atoms with Crippen molar-refractivity contribution in [3.63, 3.8) is 0 Å². The van der Waals surface area contributed by atoms with Gasteiger partial charge in [-0.25, -0.2) is 9.59 Å². The molecule has 2 N–H and O–H groups in total. The van der Waals surface area contributed by atoms with E-state index in [1.54, 1.807) is 0 Å². The quantitative estimate of drug-likeness (QED) is 0.572. The molecule has 1 fully saturated rings. The van der Waals surface area contributed by atoms with Crippen LogP contribution in [0.15, 0.2) is 43.0 Å². The highest BCUT2D eigenvalue weighted by molar-refractivity contribution is 5.89. The highest BCUT2D eigenvalue weighted by atomic mass is 16.5. The molecule has 140 valence electrons. The molecule has 0 spiro atoms. The number of nitrogens with one attached hydrogen (secondary N) is 1. The number of benzene rings is 1. The van der Waals surface area contributed by atoms with Crippen molar-refractivity contribution in [1.29, 1.82) is 0 Å². The van der Waals surface area contributed by atoms with E-state index in [1.807, 2.05) is 30.3 Å². The number of hydrogen-bond donors (Lipinski definition) is 2. The van der Waals surface area contributed by atoms with Crippen LogP contribution < -0.4 is 5.32 Å². The molecule has 1 aromatic carbocycles. The third kappa shape index (κ3) is 5.34. The van der Waals surface area contributed by atoms with Crippen molar-refractivity contribution in [3.05, 3.63) is 48.6 Å². The first-order valence-electron chi connectivity index (χ1n) is 8.64. The molecule has 7 nitrogen and oxygen atoms in total. The van der Waals surface area contributed by atoms with E-state index >= 15 is 0 Å². The van der Waals surface area contributed by atoms with Gasteiger partial charge in [0.05, 0.1) is 0 Å². The van der Waals surface area contributed by atoms with Crippen molar-refractivity contribution in [2.24, 2.45) is 0 Å². The Kier molecular flexibility index (Phi) is 7.20. The minimum atomic E-state index is -1.13. The topological polar surface area (TPSA) is 95.9 Å². The molecular formula is C19H24N2O5. The van der Waals surface area contributed by atoms with E-state index in [-0.39, 0.29) is 13.0 Å². The lowest BCUT2D eigenvalue weighted by Gasteiger charge is -2.33. The van der Waals surface area contributed by atoms with E-state index in [4.69, 9.17) is 4.74 Å². The highest BCUT2D eigenvalue weighted by Crippen LogP contribution is 2.18. The van der Waals surface area contributed by atoms with Gasteiger partial charge in [0.1, 0.15) is 18.7 Å². The second kappa shape index (κ2) is 9.60. The van der Waals surface area contributed by atoms with Crippen LogP contribution in [0, 0.1) is 0 Å². The Morgan fingerprint density at radius 3 is 2.69 bits per heavy atom. The summed E-state index contributed by atoms with van der Waals surface area (Å²) in [7, 11) is 0. The van der Waals surface area contributed by atoms with Crippen molar-refractivity contribution in [3.8, 4) is 0 Å². The van der Waals surface area contributed by atoms with Crippen molar-refractivity contribution in [2.75, 3.05) is 13.2 Å². The summed E-state index contributed by atoms with van der Waals surface area (Å²) in [6.45, 7) is 3.87. The van der Waals surface area contributed by atoms with Gasteiger partial charge < -0.3 is 15.2 Å². The molecule has 26 heavy (non-hydrogen) atoms. The normalized spacial score (nSPS) is 17.8. The van der Waals surface area contributed by atoms with Gasteiger partial charge in [-0.15, -0.1) is 0 Å². The fourth-order valence-electron chi connectivity index (χ4n) is 2.99. The molecule has 0 radical (unpaired) electrons. The van der Waals surface area contributed by atoms with E-state index < -0.39 is 30.1 Å². The summed E-state index contributed by atoms with van der Waals surface area (Å²) >= 11 is 0. The van der Waals surface area contributed by atoms with Gasteiger partial charge >= 0.3 is 12.1 Å². The van der Waals surface area contributed by atoms with Crippen molar-refractivity contribution in [1.82, 2.24) is 10.2 Å². The number of carboxylic acid groups (broad SMARTS) is 1. The van der Waals surface area contributed by atoms with Gasteiger partial charge in [-0.1, -0.05) is 43.0 Å². The fourth-order valence-corrected chi connectivity index (χ4v) is 2.99. The lowest BCUT2D eigenvalue weighted by Crippen LogP contribution is -2.55. The Morgan fingerprint density at radius 1 is 1.31 bits per heavy atom. The molecule has 0 aromatic heterocycles. The second-order valence-electron chi connectivity index (χ2n) is 6.16. The maximum Gasteiger partial charge on any atom is 0.407 e. The van der Waals surface area contributed by atoms with Crippen LogP contribution in [0.5, 0.6) is 0 Å². The zero-order valence-electron chi connectivity index (χ0n) is 14.6. The van der Waals surface area contributed by atoms with Crippen LogP contribution in [0.1, 0.15) is 24.8 Å². The first-order valence-corrected chi connectivity index (χ1v) is 8.64. The van der Waals surface area contributed by atoms with Gasteiger partial charge in [0.2, 0.25) is 5.91 Å². The van der Waals surface area contributed by atoms with E-state index in [0.29, 0.717) is 13.0 Å². The van der Waals surface area contributed by atoms with Crippen LogP contribution in [-0.2, 0) is 20.7 Å². The minimum Gasteiger partial charge on any atom is -0.465 e. The molecule has 7 heteroatoms. The van der Waals surface area contributed by atoms with Gasteiger partial charge in [-0.05, 0) is 24.8 Å². The van der Waals surface area contributed by atoms with Crippen LogP contribution >= 0.6 is 0 Å². The summed E-state index contributed by atoms with van der Waals surface area (Å²) in [6, 6.07) is 7.58. The summed E-state index contributed by atoms with van der Waals surface area (Å²) in [4.78, 5) is 37.5. The number of nitrogens with zero attached hydrogens (tertiary/aromatic N) is 1. The van der Waals surface area contributed by atoms with Crippen molar-refractivity contribution in [2.45, 2.75) is 37.8 Å². The third-order valence-electron chi connectivity index (χ3n) is 4.28.